The van der Waals surface area contributed by atoms with Crippen molar-refractivity contribution in [3.05, 3.63) is 0 Å². The first-order valence-electron chi connectivity index (χ1n) is 5.99. The smallest absolute Gasteiger partial charge is 0.169 e. The summed E-state index contributed by atoms with van der Waals surface area (Å²) in [5.41, 5.74) is 0. The Labute approximate surface area is 87.0 Å². The van der Waals surface area contributed by atoms with Crippen LogP contribution in [0, 0.1) is 5.92 Å². The molecule has 0 amide bonds. The van der Waals surface area contributed by atoms with Crippen molar-refractivity contribution >= 4 is 0 Å². The van der Waals surface area contributed by atoms with Crippen molar-refractivity contribution in [2.24, 2.45) is 5.92 Å². The first-order chi connectivity index (χ1) is 6.63. The molecular formula is C12H22O2. The van der Waals surface area contributed by atoms with Crippen LogP contribution in [0.5, 0.6) is 0 Å². The van der Waals surface area contributed by atoms with E-state index in [9.17, 15) is 0 Å². The second-order valence-electron chi connectivity index (χ2n) is 5.12. The van der Waals surface area contributed by atoms with Crippen LogP contribution in [0.1, 0.15) is 52.9 Å². The zero-order chi connectivity index (χ0) is 10.2. The van der Waals surface area contributed by atoms with E-state index in [1.807, 2.05) is 0 Å². The van der Waals surface area contributed by atoms with Gasteiger partial charge in [-0.15, -0.1) is 0 Å². The van der Waals surface area contributed by atoms with Crippen molar-refractivity contribution in [1.29, 1.82) is 0 Å². The molecule has 0 aromatic carbocycles. The van der Waals surface area contributed by atoms with Gasteiger partial charge in [-0.2, -0.15) is 0 Å². The third-order valence-electron chi connectivity index (χ3n) is 3.49. The van der Waals surface area contributed by atoms with E-state index in [0.717, 1.165) is 12.8 Å². The van der Waals surface area contributed by atoms with Crippen molar-refractivity contribution in [1.82, 2.24) is 0 Å². The molecule has 2 heteroatoms. The summed E-state index contributed by atoms with van der Waals surface area (Å²) in [6, 6.07) is 0. The van der Waals surface area contributed by atoms with Gasteiger partial charge in [0, 0.05) is 12.8 Å². The minimum absolute atomic E-state index is 0.202. The summed E-state index contributed by atoms with van der Waals surface area (Å²) < 4.78 is 12.2. The minimum atomic E-state index is -0.202. The molecule has 0 unspecified atom stereocenters. The number of hydrogen-bond acceptors (Lipinski definition) is 2. The second kappa shape index (κ2) is 3.82. The van der Waals surface area contributed by atoms with E-state index in [2.05, 4.69) is 20.8 Å². The fourth-order valence-electron chi connectivity index (χ4n) is 2.78. The molecule has 2 rings (SSSR count). The molecule has 1 spiro atoms. The van der Waals surface area contributed by atoms with Gasteiger partial charge in [0.15, 0.2) is 5.79 Å². The fourth-order valence-corrected chi connectivity index (χ4v) is 2.78. The maximum absolute atomic E-state index is 6.14. The van der Waals surface area contributed by atoms with Crippen LogP contribution in [0.15, 0.2) is 0 Å². The molecule has 14 heavy (non-hydrogen) atoms. The summed E-state index contributed by atoms with van der Waals surface area (Å²) in [5, 5.41) is 0. The molecule has 1 saturated heterocycles. The predicted octanol–water partition coefficient (Wildman–Crippen LogP) is 3.11. The van der Waals surface area contributed by atoms with E-state index < -0.39 is 0 Å². The minimum Gasteiger partial charge on any atom is -0.344 e. The molecule has 1 aliphatic heterocycles. The Morgan fingerprint density at radius 1 is 1.07 bits per heavy atom. The Morgan fingerprint density at radius 2 is 1.71 bits per heavy atom. The predicted molar refractivity (Wildman–Crippen MR) is 56.1 cm³/mol. The molecule has 2 fully saturated rings. The molecule has 2 atom stereocenters. The summed E-state index contributed by atoms with van der Waals surface area (Å²) in [4.78, 5) is 0. The highest BCUT2D eigenvalue weighted by Gasteiger charge is 2.46. The lowest BCUT2D eigenvalue weighted by Gasteiger charge is -2.32. The highest BCUT2D eigenvalue weighted by Crippen LogP contribution is 2.41. The Bertz CT molecular complexity index is 194. The molecule has 2 nitrogen and oxygen atoms in total. The van der Waals surface area contributed by atoms with Gasteiger partial charge in [-0.1, -0.05) is 20.3 Å². The molecule has 0 radical (unpaired) electrons. The molecule has 82 valence electrons. The molecule has 1 aliphatic carbocycles. The SMILES string of the molecule is CC(C)[C@@H]1OC2(CCCCC2)O[C@@H]1C. The standard InChI is InChI=1S/C12H22O2/c1-9(2)11-10(3)13-12(14-11)7-5-4-6-8-12/h9-11H,4-8H2,1-3H3/t10-,11+/m1/s1. The van der Waals surface area contributed by atoms with Gasteiger partial charge in [-0.3, -0.25) is 0 Å². The van der Waals surface area contributed by atoms with Crippen molar-refractivity contribution in [2.45, 2.75) is 70.9 Å². The quantitative estimate of drug-likeness (QED) is 0.644. The molecule has 0 aromatic heterocycles. The van der Waals surface area contributed by atoms with Gasteiger partial charge in [0.2, 0.25) is 0 Å². The van der Waals surface area contributed by atoms with Crippen LogP contribution in [0.2, 0.25) is 0 Å². The lowest BCUT2D eigenvalue weighted by Crippen LogP contribution is -2.34. The zero-order valence-corrected chi connectivity index (χ0v) is 9.58. The normalized spacial score (nSPS) is 36.9. The van der Waals surface area contributed by atoms with Gasteiger partial charge in [0.1, 0.15) is 0 Å². The maximum atomic E-state index is 6.14. The van der Waals surface area contributed by atoms with Gasteiger partial charge < -0.3 is 9.47 Å². The Hall–Kier alpha value is -0.0800. The summed E-state index contributed by atoms with van der Waals surface area (Å²) >= 11 is 0. The Kier molecular flexibility index (Phi) is 2.85. The summed E-state index contributed by atoms with van der Waals surface area (Å²) in [5.74, 6) is 0.360. The van der Waals surface area contributed by atoms with Crippen LogP contribution in [0.25, 0.3) is 0 Å². The average Bonchev–Trinajstić information content (AvgIpc) is 2.44. The first kappa shape index (κ1) is 10.4. The highest BCUT2D eigenvalue weighted by molar-refractivity contribution is 4.87. The van der Waals surface area contributed by atoms with Gasteiger partial charge >= 0.3 is 0 Å². The second-order valence-corrected chi connectivity index (χ2v) is 5.12. The van der Waals surface area contributed by atoms with Gasteiger partial charge in [0.25, 0.3) is 0 Å². The molecular weight excluding hydrogens is 176 g/mol. The van der Waals surface area contributed by atoms with E-state index in [4.69, 9.17) is 9.47 Å². The van der Waals surface area contributed by atoms with Gasteiger partial charge in [-0.25, -0.2) is 0 Å². The van der Waals surface area contributed by atoms with Crippen LogP contribution >= 0.6 is 0 Å². The highest BCUT2D eigenvalue weighted by atomic mass is 16.8. The molecule has 0 N–H and O–H groups in total. The molecule has 2 aliphatic rings. The number of ether oxygens (including phenoxy) is 2. The fraction of sp³-hybridized carbons (Fsp3) is 1.00. The monoisotopic (exact) mass is 198 g/mol. The van der Waals surface area contributed by atoms with Crippen molar-refractivity contribution in [2.75, 3.05) is 0 Å². The maximum Gasteiger partial charge on any atom is 0.169 e. The first-order valence-corrected chi connectivity index (χ1v) is 5.99. The third-order valence-corrected chi connectivity index (χ3v) is 3.49. The van der Waals surface area contributed by atoms with E-state index in [1.54, 1.807) is 0 Å². The molecule has 0 bridgehead atoms. The number of hydrogen-bond donors (Lipinski definition) is 0. The molecule has 1 saturated carbocycles. The number of rotatable bonds is 1. The van der Waals surface area contributed by atoms with Crippen LogP contribution in [-0.4, -0.2) is 18.0 Å². The summed E-state index contributed by atoms with van der Waals surface area (Å²) in [6.07, 6.45) is 6.63. The van der Waals surface area contributed by atoms with Crippen LogP contribution in [0.3, 0.4) is 0 Å². The van der Waals surface area contributed by atoms with Crippen molar-refractivity contribution in [3.8, 4) is 0 Å². The Morgan fingerprint density at radius 3 is 2.21 bits per heavy atom. The summed E-state index contributed by atoms with van der Waals surface area (Å²) in [6.45, 7) is 6.58. The van der Waals surface area contributed by atoms with E-state index in [-0.39, 0.29) is 11.9 Å². The summed E-state index contributed by atoms with van der Waals surface area (Å²) in [7, 11) is 0. The zero-order valence-electron chi connectivity index (χ0n) is 9.58. The third kappa shape index (κ3) is 1.82. The lowest BCUT2D eigenvalue weighted by molar-refractivity contribution is -0.195. The average molecular weight is 198 g/mol. The van der Waals surface area contributed by atoms with Crippen LogP contribution in [-0.2, 0) is 9.47 Å². The molecule has 0 aromatic rings. The van der Waals surface area contributed by atoms with Crippen molar-refractivity contribution < 1.29 is 9.47 Å². The van der Waals surface area contributed by atoms with E-state index >= 15 is 0 Å². The van der Waals surface area contributed by atoms with Gasteiger partial charge in [0.05, 0.1) is 12.2 Å². The van der Waals surface area contributed by atoms with Crippen LogP contribution in [0.4, 0.5) is 0 Å². The van der Waals surface area contributed by atoms with Crippen molar-refractivity contribution in [3.63, 3.8) is 0 Å². The van der Waals surface area contributed by atoms with Gasteiger partial charge in [-0.05, 0) is 25.7 Å². The van der Waals surface area contributed by atoms with E-state index in [0.29, 0.717) is 12.0 Å². The lowest BCUT2D eigenvalue weighted by atomic mass is 9.94. The topological polar surface area (TPSA) is 18.5 Å². The molecule has 1 heterocycles. The largest absolute Gasteiger partial charge is 0.344 e. The van der Waals surface area contributed by atoms with E-state index in [1.165, 1.54) is 19.3 Å². The Balaban J connectivity index is 2.03. The van der Waals surface area contributed by atoms with Crippen LogP contribution < -0.4 is 0 Å².